The van der Waals surface area contributed by atoms with Crippen LogP contribution in [0.25, 0.3) is 0 Å². The van der Waals surface area contributed by atoms with Crippen molar-refractivity contribution < 1.29 is 4.79 Å². The Morgan fingerprint density at radius 2 is 2.19 bits per heavy atom. The Kier molecular flexibility index (Phi) is 5.45. The minimum atomic E-state index is -0.128. The molecule has 0 aliphatic carbocycles. The van der Waals surface area contributed by atoms with E-state index < -0.39 is 0 Å². The second-order valence-electron chi connectivity index (χ2n) is 4.45. The highest BCUT2D eigenvalue weighted by Gasteiger charge is 2.15. The van der Waals surface area contributed by atoms with Crippen LogP contribution in [0, 0.1) is 0 Å². The average Bonchev–Trinajstić information content (AvgIpc) is 2.85. The molecule has 1 amide bonds. The third-order valence-electron chi connectivity index (χ3n) is 2.80. The Morgan fingerprint density at radius 1 is 1.43 bits per heavy atom. The van der Waals surface area contributed by atoms with Crippen molar-refractivity contribution in [1.29, 1.82) is 0 Å². The van der Waals surface area contributed by atoms with Gasteiger partial charge in [0.05, 0.1) is 21.5 Å². The van der Waals surface area contributed by atoms with Gasteiger partial charge in [-0.25, -0.2) is 4.98 Å². The summed E-state index contributed by atoms with van der Waals surface area (Å²) in [5.74, 6) is 0.459. The number of carbonyl (C=O) groups excluding carboxylic acids is 1. The van der Waals surface area contributed by atoms with Gasteiger partial charge in [0.1, 0.15) is 5.82 Å². The fourth-order valence-electron chi connectivity index (χ4n) is 1.82. The number of anilines is 1. The Morgan fingerprint density at radius 3 is 2.76 bits per heavy atom. The number of pyridine rings is 1. The summed E-state index contributed by atoms with van der Waals surface area (Å²) < 4.78 is 0.713. The molecule has 0 saturated carbocycles. The van der Waals surface area contributed by atoms with Crippen molar-refractivity contribution in [3.05, 3.63) is 44.2 Å². The maximum atomic E-state index is 12.4. The molecule has 4 nitrogen and oxygen atoms in total. The fourth-order valence-corrected chi connectivity index (χ4v) is 3.19. The van der Waals surface area contributed by atoms with Gasteiger partial charge in [0.25, 0.3) is 5.91 Å². The molecule has 0 atom stereocenters. The molecule has 0 aliphatic rings. The van der Waals surface area contributed by atoms with Crippen molar-refractivity contribution in [3.8, 4) is 0 Å². The first-order valence-corrected chi connectivity index (χ1v) is 7.97. The Labute approximate surface area is 137 Å². The Balaban J connectivity index is 2.10. The molecule has 2 rings (SSSR count). The van der Waals surface area contributed by atoms with E-state index in [-0.39, 0.29) is 5.91 Å². The molecule has 2 aromatic heterocycles. The van der Waals surface area contributed by atoms with E-state index in [0.29, 0.717) is 27.3 Å². The highest BCUT2D eigenvalue weighted by molar-refractivity contribution is 7.16. The lowest BCUT2D eigenvalue weighted by Gasteiger charge is -2.16. The van der Waals surface area contributed by atoms with Gasteiger partial charge in [0.15, 0.2) is 0 Å². The molecule has 21 heavy (non-hydrogen) atoms. The maximum Gasteiger partial charge on any atom is 0.255 e. The summed E-state index contributed by atoms with van der Waals surface area (Å²) in [6.45, 7) is 3.18. The predicted octanol–water partition coefficient (Wildman–Crippen LogP) is 4.15. The topological polar surface area (TPSA) is 45.2 Å². The predicted molar refractivity (Wildman–Crippen MR) is 88.5 cm³/mol. The second kappa shape index (κ2) is 7.11. The number of nitrogens with one attached hydrogen (secondary N) is 1. The van der Waals surface area contributed by atoms with E-state index in [4.69, 9.17) is 23.2 Å². The van der Waals surface area contributed by atoms with Crippen LogP contribution in [0.5, 0.6) is 0 Å². The lowest BCUT2D eigenvalue weighted by atomic mass is 10.2. The minimum Gasteiger partial charge on any atom is -0.369 e. The zero-order chi connectivity index (χ0) is 15.4. The van der Waals surface area contributed by atoms with Crippen LogP contribution < -0.4 is 5.32 Å². The molecule has 112 valence electrons. The lowest BCUT2D eigenvalue weighted by molar-refractivity contribution is 0.0786. The molecule has 0 fully saturated rings. The van der Waals surface area contributed by atoms with E-state index in [0.717, 1.165) is 11.4 Å². The van der Waals surface area contributed by atoms with Gasteiger partial charge in [0, 0.05) is 24.7 Å². The van der Waals surface area contributed by atoms with Crippen LogP contribution in [0.2, 0.25) is 9.36 Å². The number of thiophene rings is 1. The number of halogens is 2. The number of amides is 1. The highest BCUT2D eigenvalue weighted by atomic mass is 35.5. The first-order valence-electron chi connectivity index (χ1n) is 6.40. The molecule has 0 unspecified atom stereocenters. The average molecular weight is 344 g/mol. The van der Waals surface area contributed by atoms with Crippen molar-refractivity contribution >= 4 is 46.3 Å². The van der Waals surface area contributed by atoms with E-state index in [1.54, 1.807) is 18.0 Å². The van der Waals surface area contributed by atoms with Crippen LogP contribution in [0.1, 0.15) is 22.2 Å². The Hall–Kier alpha value is -1.30. The minimum absolute atomic E-state index is 0.128. The lowest BCUT2D eigenvalue weighted by Crippen LogP contribution is -2.26. The van der Waals surface area contributed by atoms with Crippen LogP contribution in [0.15, 0.2) is 24.4 Å². The van der Waals surface area contributed by atoms with E-state index in [2.05, 4.69) is 10.3 Å². The van der Waals surface area contributed by atoms with Gasteiger partial charge in [-0.1, -0.05) is 23.2 Å². The molecule has 0 radical (unpaired) electrons. The second-order valence-corrected chi connectivity index (χ2v) is 6.66. The smallest absolute Gasteiger partial charge is 0.255 e. The molecule has 0 bridgehead atoms. The summed E-state index contributed by atoms with van der Waals surface area (Å²) in [6.07, 6.45) is 1.53. The number of rotatable bonds is 5. The molecule has 7 heteroatoms. The number of carbonyl (C=O) groups is 1. The number of aromatic nitrogens is 1. The monoisotopic (exact) mass is 343 g/mol. The summed E-state index contributed by atoms with van der Waals surface area (Å²) in [4.78, 5) is 19.2. The van der Waals surface area contributed by atoms with Gasteiger partial charge in [-0.05, 0) is 25.1 Å². The molecule has 2 heterocycles. The van der Waals surface area contributed by atoms with E-state index >= 15 is 0 Å². The van der Waals surface area contributed by atoms with Crippen molar-refractivity contribution in [2.75, 3.05) is 18.9 Å². The standard InChI is InChI=1S/C14H15Cl2N3OS/c1-3-17-13-11(15)6-9(7-18-13)14(20)19(2)8-10-4-5-12(16)21-10/h4-7H,3,8H2,1-2H3,(H,17,18). The maximum absolute atomic E-state index is 12.4. The molecule has 2 aromatic rings. The summed E-state index contributed by atoms with van der Waals surface area (Å²) in [6, 6.07) is 5.37. The van der Waals surface area contributed by atoms with Crippen molar-refractivity contribution in [2.45, 2.75) is 13.5 Å². The normalized spacial score (nSPS) is 10.5. The first-order chi connectivity index (χ1) is 10.0. The first kappa shape index (κ1) is 16.1. The molecule has 0 spiro atoms. The van der Waals surface area contributed by atoms with E-state index in [9.17, 15) is 4.79 Å². The van der Waals surface area contributed by atoms with Crippen LogP contribution in [-0.4, -0.2) is 29.4 Å². The zero-order valence-corrected chi connectivity index (χ0v) is 14.0. The number of hydrogen-bond acceptors (Lipinski definition) is 4. The Bertz CT molecular complexity index is 645. The summed E-state index contributed by atoms with van der Waals surface area (Å²) in [5.41, 5.74) is 0.465. The number of nitrogens with zero attached hydrogens (tertiary/aromatic N) is 2. The van der Waals surface area contributed by atoms with Gasteiger partial charge >= 0.3 is 0 Å². The molecule has 0 saturated heterocycles. The quantitative estimate of drug-likeness (QED) is 0.886. The van der Waals surface area contributed by atoms with Crippen LogP contribution in [-0.2, 0) is 6.54 Å². The van der Waals surface area contributed by atoms with Crippen LogP contribution >= 0.6 is 34.5 Å². The summed E-state index contributed by atoms with van der Waals surface area (Å²) in [7, 11) is 1.74. The molecular weight excluding hydrogens is 329 g/mol. The van der Waals surface area contributed by atoms with Gasteiger partial charge in [-0.3, -0.25) is 4.79 Å². The van der Waals surface area contributed by atoms with Gasteiger partial charge < -0.3 is 10.2 Å². The molecule has 0 aliphatic heterocycles. The molecular formula is C14H15Cl2N3OS. The van der Waals surface area contributed by atoms with Crippen molar-refractivity contribution in [2.24, 2.45) is 0 Å². The largest absolute Gasteiger partial charge is 0.369 e. The van der Waals surface area contributed by atoms with Crippen molar-refractivity contribution in [1.82, 2.24) is 9.88 Å². The molecule has 1 N–H and O–H groups in total. The van der Waals surface area contributed by atoms with E-state index in [1.165, 1.54) is 17.5 Å². The van der Waals surface area contributed by atoms with Gasteiger partial charge in [-0.2, -0.15) is 0 Å². The molecule has 0 aromatic carbocycles. The summed E-state index contributed by atoms with van der Waals surface area (Å²) >= 11 is 13.5. The van der Waals surface area contributed by atoms with Gasteiger partial charge in [-0.15, -0.1) is 11.3 Å². The third-order valence-corrected chi connectivity index (χ3v) is 4.30. The van der Waals surface area contributed by atoms with E-state index in [1.807, 2.05) is 19.1 Å². The zero-order valence-electron chi connectivity index (χ0n) is 11.7. The highest BCUT2D eigenvalue weighted by Crippen LogP contribution is 2.24. The van der Waals surface area contributed by atoms with Gasteiger partial charge in [0.2, 0.25) is 0 Å². The number of hydrogen-bond donors (Lipinski definition) is 1. The SMILES string of the molecule is CCNc1ncc(C(=O)N(C)Cc2ccc(Cl)s2)cc1Cl. The van der Waals surface area contributed by atoms with Crippen LogP contribution in [0.4, 0.5) is 5.82 Å². The third kappa shape index (κ3) is 4.09. The van der Waals surface area contributed by atoms with Crippen LogP contribution in [0.3, 0.4) is 0 Å². The summed E-state index contributed by atoms with van der Waals surface area (Å²) in [5, 5.41) is 3.47. The van der Waals surface area contributed by atoms with Crippen molar-refractivity contribution in [3.63, 3.8) is 0 Å². The fraction of sp³-hybridized carbons (Fsp3) is 0.286.